The van der Waals surface area contributed by atoms with Crippen LogP contribution in [-0.2, 0) is 17.3 Å². The van der Waals surface area contributed by atoms with Gasteiger partial charge in [-0.25, -0.2) is 0 Å². The van der Waals surface area contributed by atoms with Crippen LogP contribution in [0, 0.1) is 0 Å². The predicted molar refractivity (Wildman–Crippen MR) is 343 cm³/mol. The highest BCUT2D eigenvalue weighted by atomic mass is 15.3. The molecule has 81 heavy (non-hydrogen) atoms. The molecule has 4 aliphatic rings. The molecule has 3 aliphatic carbocycles. The molecule has 10 aromatic rings. The van der Waals surface area contributed by atoms with Crippen molar-refractivity contribution in [1.29, 1.82) is 0 Å². The topological polar surface area (TPSA) is 6.48 Å². The Kier molecular flexibility index (Phi) is 13.0. The van der Waals surface area contributed by atoms with E-state index in [4.69, 9.17) is 0 Å². The molecule has 0 radical (unpaired) electrons. The summed E-state index contributed by atoms with van der Waals surface area (Å²) in [7, 11) is 0. The summed E-state index contributed by atoms with van der Waals surface area (Å²) >= 11 is 0. The van der Waals surface area contributed by atoms with E-state index >= 15 is 0 Å². The summed E-state index contributed by atoms with van der Waals surface area (Å²) in [6, 6.07) is 88.3. The van der Waals surface area contributed by atoms with Crippen LogP contribution in [-0.4, -0.2) is 12.1 Å². The lowest BCUT2D eigenvalue weighted by Gasteiger charge is -2.50. The average Bonchev–Trinajstić information content (AvgIpc) is 2.78. The van der Waals surface area contributed by atoms with Crippen LogP contribution in [0.1, 0.15) is 125 Å². The Hall–Kier alpha value is -8.20. The van der Waals surface area contributed by atoms with Gasteiger partial charge in [0.1, 0.15) is 0 Å². The number of rotatable bonds is 15. The number of hydrogen-bond acceptors (Lipinski definition) is 2. The quantitative estimate of drug-likeness (QED) is 0.0944. The molecule has 2 unspecified atom stereocenters. The summed E-state index contributed by atoms with van der Waals surface area (Å²) in [5.74, 6) is 0. The van der Waals surface area contributed by atoms with Gasteiger partial charge in [0.25, 0.3) is 0 Å². The molecule has 0 bridgehead atoms. The van der Waals surface area contributed by atoms with Crippen LogP contribution in [0.3, 0.4) is 0 Å². The summed E-state index contributed by atoms with van der Waals surface area (Å²) < 4.78 is 0. The van der Waals surface area contributed by atoms with Gasteiger partial charge in [-0.2, -0.15) is 0 Å². The Morgan fingerprint density at radius 2 is 0.852 bits per heavy atom. The van der Waals surface area contributed by atoms with Gasteiger partial charge in [-0.05, 0) is 193 Å². The molecule has 1 saturated carbocycles. The molecule has 0 amide bonds. The van der Waals surface area contributed by atoms with Crippen molar-refractivity contribution in [3.05, 3.63) is 264 Å². The molecule has 1 spiro atoms. The average molecular weight is 1050 g/mol. The highest BCUT2D eigenvalue weighted by Crippen LogP contribution is 2.64. The van der Waals surface area contributed by atoms with Crippen molar-refractivity contribution >= 4 is 22.7 Å². The first-order valence-electron chi connectivity index (χ1n) is 30.5. The summed E-state index contributed by atoms with van der Waals surface area (Å²) in [4.78, 5) is 5.23. The third-order valence-electron chi connectivity index (χ3n) is 19.9. The van der Waals surface area contributed by atoms with Crippen molar-refractivity contribution in [2.75, 3.05) is 16.3 Å². The Bertz CT molecular complexity index is 3900. The summed E-state index contributed by atoms with van der Waals surface area (Å²) in [5, 5.41) is 0. The van der Waals surface area contributed by atoms with Crippen molar-refractivity contribution in [3.8, 4) is 66.8 Å². The van der Waals surface area contributed by atoms with Crippen molar-refractivity contribution in [3.63, 3.8) is 0 Å². The first-order valence-corrected chi connectivity index (χ1v) is 30.5. The van der Waals surface area contributed by atoms with Crippen LogP contribution >= 0.6 is 0 Å². The molecule has 2 nitrogen and oxygen atoms in total. The van der Waals surface area contributed by atoms with Gasteiger partial charge in [-0.15, -0.1) is 0 Å². The molecule has 14 rings (SSSR count). The van der Waals surface area contributed by atoms with E-state index in [0.717, 1.165) is 13.0 Å². The minimum Gasteiger partial charge on any atom is -0.341 e. The first-order chi connectivity index (χ1) is 39.8. The fourth-order valence-electron chi connectivity index (χ4n) is 15.5. The van der Waals surface area contributed by atoms with E-state index in [1.54, 1.807) is 0 Å². The third kappa shape index (κ3) is 8.26. The molecule has 0 N–H and O–H groups in total. The van der Waals surface area contributed by atoms with Gasteiger partial charge < -0.3 is 9.80 Å². The number of hydrogen-bond donors (Lipinski definition) is 0. The standard InChI is InChI=1S/C79H74N2/c1-5-7-8-9-10-23-50-80(64-24-13-11-14-25-64)75-46-42-60(51-55(75)6-2)56-32-34-57(35-33-56)61-40-44-68-69-45-41-62(53-73(69)79(72(68)52-61)70-30-19-17-28-66(70)67-29-18-20-31-71(67)79)58-36-38-59(39-37-58)63-43-47-76-74(54-63)77(3)48-21-22-49-78(77,4)81(76)65-26-15-12-16-27-65/h11-20,24-47,51-54H,5-10,21-23,48-50H2,1-4H3. The number of nitrogens with zero attached hydrogens (tertiary/aromatic N) is 2. The van der Waals surface area contributed by atoms with Crippen LogP contribution in [0.15, 0.2) is 231 Å². The van der Waals surface area contributed by atoms with Gasteiger partial charge in [0.2, 0.25) is 0 Å². The fourth-order valence-corrected chi connectivity index (χ4v) is 15.5. The largest absolute Gasteiger partial charge is 0.341 e. The van der Waals surface area contributed by atoms with Gasteiger partial charge in [-0.3, -0.25) is 0 Å². The number of unbranched alkanes of at least 4 members (excludes halogenated alkanes) is 5. The van der Waals surface area contributed by atoms with Gasteiger partial charge in [0.15, 0.2) is 0 Å². The maximum Gasteiger partial charge on any atom is 0.0725 e. The fraction of sp³-hybridized carbons (Fsp3) is 0.241. The zero-order valence-corrected chi connectivity index (χ0v) is 47.8. The lowest BCUT2D eigenvalue weighted by molar-refractivity contribution is 0.195. The summed E-state index contributed by atoms with van der Waals surface area (Å²) in [5.41, 5.74) is 28.5. The van der Waals surface area contributed by atoms with Crippen LogP contribution < -0.4 is 9.80 Å². The van der Waals surface area contributed by atoms with Gasteiger partial charge in [0, 0.05) is 34.7 Å². The van der Waals surface area contributed by atoms with E-state index in [2.05, 4.69) is 268 Å². The first kappa shape index (κ1) is 51.0. The Morgan fingerprint density at radius 3 is 1.43 bits per heavy atom. The van der Waals surface area contributed by atoms with Crippen LogP contribution in [0.25, 0.3) is 66.8 Å². The molecule has 400 valence electrons. The molecule has 10 aromatic carbocycles. The summed E-state index contributed by atoms with van der Waals surface area (Å²) in [6.45, 7) is 10.7. The number of aryl methyl sites for hydroxylation is 1. The van der Waals surface area contributed by atoms with E-state index in [9.17, 15) is 0 Å². The molecule has 1 heterocycles. The van der Waals surface area contributed by atoms with E-state index in [1.807, 2.05) is 0 Å². The smallest absolute Gasteiger partial charge is 0.0725 e. The van der Waals surface area contributed by atoms with Gasteiger partial charge >= 0.3 is 0 Å². The highest BCUT2D eigenvalue weighted by molar-refractivity contribution is 5.97. The molecular weight excluding hydrogens is 977 g/mol. The molecule has 1 aliphatic heterocycles. The second kappa shape index (κ2) is 20.7. The number of benzene rings is 10. The maximum absolute atomic E-state index is 2.67. The van der Waals surface area contributed by atoms with Gasteiger partial charge in [0.05, 0.1) is 11.0 Å². The number of anilines is 4. The number of para-hydroxylation sites is 2. The Labute approximate surface area is 481 Å². The van der Waals surface area contributed by atoms with Crippen molar-refractivity contribution in [2.24, 2.45) is 0 Å². The lowest BCUT2D eigenvalue weighted by Crippen LogP contribution is -2.54. The lowest BCUT2D eigenvalue weighted by atomic mass is 9.61. The molecule has 0 aromatic heterocycles. The van der Waals surface area contributed by atoms with Crippen molar-refractivity contribution in [1.82, 2.24) is 0 Å². The Balaban J connectivity index is 0.792. The zero-order valence-electron chi connectivity index (χ0n) is 47.8. The third-order valence-corrected chi connectivity index (χ3v) is 19.9. The normalized spacial score (nSPS) is 17.8. The highest BCUT2D eigenvalue weighted by Gasteiger charge is 2.58. The monoisotopic (exact) mass is 1050 g/mol. The minimum absolute atomic E-state index is 0.0298. The minimum atomic E-state index is -0.466. The predicted octanol–water partition coefficient (Wildman–Crippen LogP) is 21.5. The molecule has 2 atom stereocenters. The van der Waals surface area contributed by atoms with E-state index < -0.39 is 5.41 Å². The van der Waals surface area contributed by atoms with Crippen molar-refractivity contribution in [2.45, 2.75) is 115 Å². The Morgan fingerprint density at radius 1 is 0.395 bits per heavy atom. The van der Waals surface area contributed by atoms with Gasteiger partial charge in [-0.1, -0.05) is 236 Å². The number of fused-ring (bicyclic) bond motifs is 13. The SMILES string of the molecule is CCCCCCCCN(c1ccccc1)c1ccc(-c2ccc(-c3ccc4c(c3)C3(c5ccccc5-c5ccccc53)c3cc(-c5ccc(-c6ccc7c(c6)C6(C)CCCCC6(C)N7c6ccccc6)cc5)ccc3-4)cc2)cc1CC. The summed E-state index contributed by atoms with van der Waals surface area (Å²) in [6.07, 6.45) is 13.7. The van der Waals surface area contributed by atoms with Crippen LogP contribution in [0.5, 0.6) is 0 Å². The second-order valence-electron chi connectivity index (χ2n) is 24.2. The van der Waals surface area contributed by atoms with E-state index in [0.29, 0.717) is 0 Å². The molecule has 0 saturated heterocycles. The molecule has 1 fully saturated rings. The zero-order chi connectivity index (χ0) is 54.7. The molecule has 2 heteroatoms. The van der Waals surface area contributed by atoms with E-state index in [1.165, 1.54) is 187 Å². The van der Waals surface area contributed by atoms with Crippen LogP contribution in [0.2, 0.25) is 0 Å². The van der Waals surface area contributed by atoms with E-state index in [-0.39, 0.29) is 11.0 Å². The van der Waals surface area contributed by atoms with Crippen molar-refractivity contribution < 1.29 is 0 Å². The molecular formula is C79H74N2. The second-order valence-corrected chi connectivity index (χ2v) is 24.2. The van der Waals surface area contributed by atoms with Crippen LogP contribution in [0.4, 0.5) is 22.7 Å². The maximum atomic E-state index is 2.67.